The molecule has 1 heterocycles. The fourth-order valence-electron chi connectivity index (χ4n) is 3.03. The number of sulfonamides is 1. The molecule has 0 saturated carbocycles. The van der Waals surface area contributed by atoms with Crippen LogP contribution >= 0.6 is 22.9 Å². The normalized spacial score (nSPS) is 11.5. The molecule has 0 saturated heterocycles. The summed E-state index contributed by atoms with van der Waals surface area (Å²) in [4.78, 5) is 12.4. The van der Waals surface area contributed by atoms with Crippen LogP contribution in [0.2, 0.25) is 5.02 Å². The van der Waals surface area contributed by atoms with Crippen LogP contribution in [0.3, 0.4) is 0 Å². The van der Waals surface area contributed by atoms with Gasteiger partial charge in [-0.15, -0.1) is 0 Å². The quantitative estimate of drug-likeness (QED) is 0.457. The van der Waals surface area contributed by atoms with Crippen molar-refractivity contribution in [2.45, 2.75) is 11.4 Å². The smallest absolute Gasteiger partial charge is 0.308 e. The van der Waals surface area contributed by atoms with Crippen molar-refractivity contribution in [1.82, 2.24) is 4.57 Å². The number of nitrogens with one attached hydrogen (secondary N) is 1. The molecule has 4 rings (SSSR count). The second-order valence-electron chi connectivity index (χ2n) is 6.51. The maximum Gasteiger partial charge on any atom is 0.308 e. The first-order valence-electron chi connectivity index (χ1n) is 8.91. The van der Waals surface area contributed by atoms with Crippen LogP contribution in [0, 0.1) is 0 Å². The summed E-state index contributed by atoms with van der Waals surface area (Å²) >= 11 is 7.22. The monoisotopic (exact) mass is 460 g/mol. The standard InChI is InChI=1S/C21H17ClN2O4S2/c1-28-16-8-6-15(7-9-16)23-30(26,27)17-10-11-19-20(12-17)29-21(25)24(19)13-14-4-2-3-5-18(14)22/h2-12,23H,13H2,1H3. The van der Waals surface area contributed by atoms with Gasteiger partial charge in [0.25, 0.3) is 10.0 Å². The first kappa shape index (κ1) is 20.5. The third-order valence-electron chi connectivity index (χ3n) is 4.58. The van der Waals surface area contributed by atoms with Crippen molar-refractivity contribution in [3.8, 4) is 5.75 Å². The molecule has 30 heavy (non-hydrogen) atoms. The summed E-state index contributed by atoms with van der Waals surface area (Å²) in [7, 11) is -2.27. The molecule has 1 aromatic heterocycles. The highest BCUT2D eigenvalue weighted by atomic mass is 35.5. The van der Waals surface area contributed by atoms with E-state index in [0.29, 0.717) is 33.2 Å². The molecule has 0 unspecified atom stereocenters. The summed E-state index contributed by atoms with van der Waals surface area (Å²) in [6.07, 6.45) is 0. The summed E-state index contributed by atoms with van der Waals surface area (Å²) in [6, 6.07) is 18.5. The van der Waals surface area contributed by atoms with Crippen LogP contribution in [0.4, 0.5) is 5.69 Å². The highest BCUT2D eigenvalue weighted by Gasteiger charge is 2.17. The van der Waals surface area contributed by atoms with E-state index in [4.69, 9.17) is 16.3 Å². The number of rotatable bonds is 6. The molecule has 0 amide bonds. The van der Waals surface area contributed by atoms with E-state index in [1.807, 2.05) is 18.2 Å². The number of aromatic nitrogens is 1. The second-order valence-corrected chi connectivity index (χ2v) is 9.59. The Labute approximate surface area is 182 Å². The molecule has 0 spiro atoms. The Balaban J connectivity index is 1.66. The van der Waals surface area contributed by atoms with E-state index in [2.05, 4.69) is 4.72 Å². The minimum absolute atomic E-state index is 0.0805. The maximum absolute atomic E-state index is 12.8. The third kappa shape index (κ3) is 4.07. The van der Waals surface area contributed by atoms with E-state index < -0.39 is 10.0 Å². The minimum atomic E-state index is -3.81. The van der Waals surface area contributed by atoms with E-state index in [0.717, 1.165) is 16.9 Å². The third-order valence-corrected chi connectivity index (χ3v) is 7.27. The van der Waals surface area contributed by atoms with Gasteiger partial charge in [-0.2, -0.15) is 0 Å². The topological polar surface area (TPSA) is 77.4 Å². The zero-order valence-corrected chi connectivity index (χ0v) is 18.2. The fraction of sp³-hybridized carbons (Fsp3) is 0.0952. The molecule has 0 aliphatic rings. The Hall–Kier alpha value is -2.81. The predicted molar refractivity (Wildman–Crippen MR) is 120 cm³/mol. The lowest BCUT2D eigenvalue weighted by atomic mass is 10.2. The van der Waals surface area contributed by atoms with E-state index in [-0.39, 0.29) is 9.77 Å². The molecular weight excluding hydrogens is 444 g/mol. The van der Waals surface area contributed by atoms with Crippen LogP contribution in [0.25, 0.3) is 10.2 Å². The van der Waals surface area contributed by atoms with Crippen molar-refractivity contribution in [2.75, 3.05) is 11.8 Å². The summed E-state index contributed by atoms with van der Waals surface area (Å²) < 4.78 is 35.4. The fourth-order valence-corrected chi connectivity index (χ4v) is 5.32. The van der Waals surface area contributed by atoms with Gasteiger partial charge in [-0.1, -0.05) is 41.1 Å². The number of nitrogens with zero attached hydrogens (tertiary/aromatic N) is 1. The number of anilines is 1. The second kappa shape index (κ2) is 8.14. The van der Waals surface area contributed by atoms with Gasteiger partial charge in [0, 0.05) is 10.7 Å². The van der Waals surface area contributed by atoms with Crippen LogP contribution in [0.15, 0.2) is 76.4 Å². The van der Waals surface area contributed by atoms with Gasteiger partial charge in [-0.3, -0.25) is 14.1 Å². The largest absolute Gasteiger partial charge is 0.497 e. The number of methoxy groups -OCH3 is 1. The molecule has 6 nitrogen and oxygen atoms in total. The molecule has 0 radical (unpaired) electrons. The van der Waals surface area contributed by atoms with Gasteiger partial charge in [0.05, 0.1) is 28.8 Å². The molecule has 0 aliphatic heterocycles. The number of benzene rings is 3. The van der Waals surface area contributed by atoms with Gasteiger partial charge in [0.2, 0.25) is 0 Å². The van der Waals surface area contributed by atoms with E-state index in [9.17, 15) is 13.2 Å². The van der Waals surface area contributed by atoms with Crippen molar-refractivity contribution in [2.24, 2.45) is 0 Å². The van der Waals surface area contributed by atoms with Crippen LogP contribution in [0.1, 0.15) is 5.56 Å². The number of fused-ring (bicyclic) bond motifs is 1. The molecule has 3 aromatic carbocycles. The van der Waals surface area contributed by atoms with Crippen LogP contribution < -0.4 is 14.3 Å². The van der Waals surface area contributed by atoms with Crippen molar-refractivity contribution >= 4 is 48.9 Å². The molecule has 0 aliphatic carbocycles. The first-order valence-corrected chi connectivity index (χ1v) is 11.6. The molecule has 0 bridgehead atoms. The van der Waals surface area contributed by atoms with E-state index in [1.165, 1.54) is 19.2 Å². The molecule has 0 atom stereocenters. The lowest BCUT2D eigenvalue weighted by Crippen LogP contribution is -2.14. The molecule has 4 aromatic rings. The van der Waals surface area contributed by atoms with Crippen molar-refractivity contribution < 1.29 is 13.2 Å². The minimum Gasteiger partial charge on any atom is -0.497 e. The highest BCUT2D eigenvalue weighted by molar-refractivity contribution is 7.92. The van der Waals surface area contributed by atoms with Crippen LogP contribution in [-0.2, 0) is 16.6 Å². The molecule has 0 fully saturated rings. The average Bonchev–Trinajstić information content (AvgIpc) is 3.04. The Bertz CT molecular complexity index is 1380. The van der Waals surface area contributed by atoms with E-state index in [1.54, 1.807) is 41.0 Å². The number of ether oxygens (including phenoxy) is 1. The maximum atomic E-state index is 12.8. The SMILES string of the molecule is COc1ccc(NS(=O)(=O)c2ccc3c(c2)sc(=O)n3Cc2ccccc2Cl)cc1. The number of halogens is 1. The van der Waals surface area contributed by atoms with Crippen molar-refractivity contribution in [3.05, 3.63) is 87.0 Å². The molecule has 154 valence electrons. The van der Waals surface area contributed by atoms with Gasteiger partial charge in [-0.25, -0.2) is 8.42 Å². The van der Waals surface area contributed by atoms with Gasteiger partial charge in [0.15, 0.2) is 0 Å². The van der Waals surface area contributed by atoms with E-state index >= 15 is 0 Å². The molecule has 1 N–H and O–H groups in total. The Morgan fingerprint density at radius 1 is 1.07 bits per heavy atom. The first-order chi connectivity index (χ1) is 14.4. The Kier molecular flexibility index (Phi) is 5.55. The number of hydrogen-bond acceptors (Lipinski definition) is 5. The summed E-state index contributed by atoms with van der Waals surface area (Å²) in [5.74, 6) is 0.629. The highest BCUT2D eigenvalue weighted by Crippen LogP contribution is 2.26. The van der Waals surface area contributed by atoms with Crippen molar-refractivity contribution in [3.63, 3.8) is 0 Å². The zero-order valence-electron chi connectivity index (χ0n) is 15.8. The van der Waals surface area contributed by atoms with Crippen molar-refractivity contribution in [1.29, 1.82) is 0 Å². The van der Waals surface area contributed by atoms with Crippen LogP contribution in [-0.4, -0.2) is 20.1 Å². The average molecular weight is 461 g/mol. The molecular formula is C21H17ClN2O4S2. The zero-order chi connectivity index (χ0) is 21.3. The molecule has 9 heteroatoms. The Morgan fingerprint density at radius 3 is 2.50 bits per heavy atom. The van der Waals surface area contributed by atoms with Gasteiger partial charge < -0.3 is 4.74 Å². The van der Waals surface area contributed by atoms with Gasteiger partial charge in [0.1, 0.15) is 5.75 Å². The predicted octanol–water partition coefficient (Wildman–Crippen LogP) is 4.57. The lowest BCUT2D eigenvalue weighted by Gasteiger charge is -2.10. The lowest BCUT2D eigenvalue weighted by molar-refractivity contribution is 0.415. The Morgan fingerprint density at radius 2 is 1.80 bits per heavy atom. The van der Waals surface area contributed by atoms with Gasteiger partial charge >= 0.3 is 4.87 Å². The summed E-state index contributed by atoms with van der Waals surface area (Å²) in [6.45, 7) is 0.314. The van der Waals surface area contributed by atoms with Crippen LogP contribution in [0.5, 0.6) is 5.75 Å². The van der Waals surface area contributed by atoms with Gasteiger partial charge in [-0.05, 0) is 54.1 Å². The summed E-state index contributed by atoms with van der Waals surface area (Å²) in [5.41, 5.74) is 1.90. The summed E-state index contributed by atoms with van der Waals surface area (Å²) in [5, 5.41) is 0.576. The number of hydrogen-bond donors (Lipinski definition) is 1. The number of thiazole rings is 1.